The molecule has 0 bridgehead atoms. The summed E-state index contributed by atoms with van der Waals surface area (Å²) in [5, 5.41) is 0. The first-order valence-electron chi connectivity index (χ1n) is 5.79. The smallest absolute Gasteiger partial charge is 0.665 e. The van der Waals surface area contributed by atoms with Gasteiger partial charge in [0.25, 0.3) is 0 Å². The molecule has 0 aromatic heterocycles. The Morgan fingerprint density at radius 3 is 1.55 bits per heavy atom. The first-order chi connectivity index (χ1) is 8.98. The van der Waals surface area contributed by atoms with E-state index in [-0.39, 0.29) is 29.6 Å². The van der Waals surface area contributed by atoms with Crippen LogP contribution < -0.4 is 38.6 Å². The summed E-state index contributed by atoms with van der Waals surface area (Å²) in [7, 11) is 0. The van der Waals surface area contributed by atoms with Crippen molar-refractivity contribution in [3.8, 4) is 11.5 Å². The van der Waals surface area contributed by atoms with Crippen molar-refractivity contribution in [2.24, 2.45) is 0 Å². The predicted octanol–water partition coefficient (Wildman–Crippen LogP) is 1.54. The maximum atomic E-state index is 5.71. The molecule has 2 nitrogen and oxygen atoms in total. The predicted molar refractivity (Wildman–Crippen MR) is 85.3 cm³/mol. The van der Waals surface area contributed by atoms with E-state index in [1.165, 1.54) is 0 Å². The molecule has 0 amide bonds. The Labute approximate surface area is 152 Å². The number of para-hydroxylation sites is 2. The molecule has 0 atom stereocenters. The van der Waals surface area contributed by atoms with E-state index in [1.54, 1.807) is 0 Å². The maximum absolute atomic E-state index is 5.71. The average molecular weight is 332 g/mol. The van der Waals surface area contributed by atoms with Crippen LogP contribution in [0.5, 0.6) is 11.5 Å². The Hall–Kier alpha value is 0.0400. The number of hydrogen-bond donors (Lipinski definition) is 0. The van der Waals surface area contributed by atoms with Gasteiger partial charge in [0.15, 0.2) is 5.69 Å². The normalized spacial score (nSPS) is 10.6. The second-order valence-electron chi connectivity index (χ2n) is 4.16. The largest absolute Gasteiger partial charge is 1.00 e. The molecule has 2 aromatic carbocycles. The zero-order valence-electron chi connectivity index (χ0n) is 11.7. The van der Waals surface area contributed by atoms with Gasteiger partial charge < -0.3 is 21.3 Å². The van der Waals surface area contributed by atoms with Crippen LogP contribution in [0.1, 0.15) is 11.1 Å². The second-order valence-corrected chi connectivity index (χ2v) is 9.00. The van der Waals surface area contributed by atoms with Crippen LogP contribution in [0.15, 0.2) is 48.5 Å². The third-order valence-corrected chi connectivity index (χ3v) is 4.34. The van der Waals surface area contributed by atoms with Crippen molar-refractivity contribution >= 4 is 29.7 Å². The van der Waals surface area contributed by atoms with Crippen molar-refractivity contribution < 1.29 is 38.6 Å². The molecule has 0 saturated carbocycles. The molecule has 0 aliphatic rings. The van der Waals surface area contributed by atoms with Gasteiger partial charge in [0.1, 0.15) is 11.5 Å². The van der Waals surface area contributed by atoms with Gasteiger partial charge in [0.2, 0.25) is 0 Å². The minimum atomic E-state index is -2.77. The molecular weight excluding hydrogens is 318 g/mol. The van der Waals surface area contributed by atoms with Gasteiger partial charge in [-0.2, -0.15) is 0 Å². The second kappa shape index (κ2) is 7.88. The summed E-state index contributed by atoms with van der Waals surface area (Å²) in [6.07, 6.45) is 0. The fourth-order valence-corrected chi connectivity index (χ4v) is 3.47. The minimum absolute atomic E-state index is 0. The van der Waals surface area contributed by atoms with Crippen LogP contribution in [-0.4, -0.2) is 0 Å². The molecule has 0 aliphatic heterocycles. The van der Waals surface area contributed by atoms with Crippen molar-refractivity contribution in [3.63, 3.8) is 0 Å². The minimum Gasteiger partial charge on any atom is -0.665 e. The first kappa shape index (κ1) is 18.1. The molecule has 6 heteroatoms. The molecule has 20 heavy (non-hydrogen) atoms. The summed E-state index contributed by atoms with van der Waals surface area (Å²) >= 11 is 10.6. The topological polar surface area (TPSA) is 18.5 Å². The van der Waals surface area contributed by atoms with Crippen molar-refractivity contribution in [2.75, 3.05) is 0 Å². The number of aryl methyl sites for hydroxylation is 2. The molecule has 0 unspecified atom stereocenters. The quantitative estimate of drug-likeness (QED) is 0.480. The Bertz CT molecular complexity index is 583. The fourth-order valence-electron chi connectivity index (χ4n) is 1.58. The SMILES string of the molecule is Cc1ccccc1OP(=S)([S-])Oc1ccccc1C.[Na+]. The van der Waals surface area contributed by atoms with E-state index >= 15 is 0 Å². The first-order valence-corrected chi connectivity index (χ1v) is 9.44. The van der Waals surface area contributed by atoms with Gasteiger partial charge in [-0.25, -0.2) is 0 Å². The zero-order chi connectivity index (χ0) is 13.9. The van der Waals surface area contributed by atoms with Crippen LogP contribution in [0.4, 0.5) is 0 Å². The van der Waals surface area contributed by atoms with E-state index in [9.17, 15) is 0 Å². The molecule has 0 radical (unpaired) electrons. The van der Waals surface area contributed by atoms with E-state index in [0.29, 0.717) is 11.5 Å². The summed E-state index contributed by atoms with van der Waals surface area (Å²) in [4.78, 5) is 0. The van der Waals surface area contributed by atoms with E-state index in [0.717, 1.165) is 11.1 Å². The van der Waals surface area contributed by atoms with Crippen LogP contribution in [0.25, 0.3) is 0 Å². The van der Waals surface area contributed by atoms with E-state index < -0.39 is 5.69 Å². The summed E-state index contributed by atoms with van der Waals surface area (Å²) in [5.74, 6) is 1.38. The number of hydrogen-bond acceptors (Lipinski definition) is 4. The third kappa shape index (κ3) is 5.10. The molecule has 0 fully saturated rings. The van der Waals surface area contributed by atoms with Crippen LogP contribution >= 0.6 is 5.69 Å². The number of rotatable bonds is 4. The van der Waals surface area contributed by atoms with Gasteiger partial charge >= 0.3 is 29.6 Å². The molecule has 2 aromatic rings. The molecule has 0 heterocycles. The molecule has 0 aliphatic carbocycles. The molecular formula is C14H14NaO2PS2. The van der Waals surface area contributed by atoms with Crippen molar-refractivity contribution in [2.45, 2.75) is 13.8 Å². The van der Waals surface area contributed by atoms with Crippen molar-refractivity contribution in [3.05, 3.63) is 59.7 Å². The van der Waals surface area contributed by atoms with Gasteiger partial charge in [0.05, 0.1) is 0 Å². The maximum Gasteiger partial charge on any atom is 1.00 e. The molecule has 0 N–H and O–H groups in total. The summed E-state index contributed by atoms with van der Waals surface area (Å²) in [6, 6.07) is 15.3. The van der Waals surface area contributed by atoms with Gasteiger partial charge in [-0.1, -0.05) is 36.4 Å². The molecule has 2 rings (SSSR count). The van der Waals surface area contributed by atoms with Crippen molar-refractivity contribution in [1.82, 2.24) is 0 Å². The molecule has 100 valence electrons. The van der Waals surface area contributed by atoms with Crippen LogP contribution in [0.2, 0.25) is 0 Å². The van der Waals surface area contributed by atoms with E-state index in [2.05, 4.69) is 0 Å². The summed E-state index contributed by atoms with van der Waals surface area (Å²) in [6.45, 7) is 3.90. The van der Waals surface area contributed by atoms with Gasteiger partial charge in [-0.05, 0) is 48.9 Å². The fraction of sp³-hybridized carbons (Fsp3) is 0.143. The molecule has 0 spiro atoms. The van der Waals surface area contributed by atoms with Crippen LogP contribution in [0.3, 0.4) is 0 Å². The molecule has 0 saturated heterocycles. The van der Waals surface area contributed by atoms with E-state index in [1.807, 2.05) is 62.4 Å². The zero-order valence-corrected chi connectivity index (χ0v) is 16.2. The van der Waals surface area contributed by atoms with E-state index in [4.69, 9.17) is 33.1 Å². The number of benzene rings is 2. The Balaban J connectivity index is 0.00000200. The summed E-state index contributed by atoms with van der Waals surface area (Å²) in [5.41, 5.74) is -0.783. The average Bonchev–Trinajstić information content (AvgIpc) is 2.35. The monoisotopic (exact) mass is 332 g/mol. The van der Waals surface area contributed by atoms with Gasteiger partial charge in [-0.3, -0.25) is 0 Å². The van der Waals surface area contributed by atoms with Gasteiger partial charge in [-0.15, -0.1) is 0 Å². The van der Waals surface area contributed by atoms with Gasteiger partial charge in [0, 0.05) is 0 Å². The Kier molecular flexibility index (Phi) is 7.13. The standard InChI is InChI=1S/C14H15O2PS2.Na/c1-11-7-3-5-9-13(11)15-17(18,19)16-14-10-6-4-8-12(14)2;/h3-10H,1-2H3,(H,18,19);/q;+1/p-1. The Morgan fingerprint density at radius 1 is 0.850 bits per heavy atom. The third-order valence-electron chi connectivity index (χ3n) is 2.61. The van der Waals surface area contributed by atoms with Crippen molar-refractivity contribution in [1.29, 1.82) is 0 Å². The Morgan fingerprint density at radius 2 is 1.20 bits per heavy atom. The summed E-state index contributed by atoms with van der Waals surface area (Å²) < 4.78 is 11.4. The van der Waals surface area contributed by atoms with Crippen LogP contribution in [0, 0.1) is 13.8 Å². The van der Waals surface area contributed by atoms with Crippen LogP contribution in [-0.2, 0) is 24.1 Å².